The van der Waals surface area contributed by atoms with Crippen molar-refractivity contribution in [3.8, 4) is 0 Å². The molecule has 2 aromatic heterocycles. The van der Waals surface area contributed by atoms with Crippen LogP contribution < -0.4 is 11.1 Å². The highest BCUT2D eigenvalue weighted by atomic mass is 32.1. The first-order chi connectivity index (χ1) is 10.2. The summed E-state index contributed by atoms with van der Waals surface area (Å²) in [7, 11) is 0. The minimum atomic E-state index is 0.316. The minimum Gasteiger partial charge on any atom is -0.399 e. The Balaban J connectivity index is 2.05. The molecule has 0 saturated carbocycles. The van der Waals surface area contributed by atoms with Crippen molar-refractivity contribution < 1.29 is 0 Å². The second kappa shape index (κ2) is 5.74. The number of fused-ring (bicyclic) bond motifs is 1. The Labute approximate surface area is 128 Å². The first-order valence-electron chi connectivity index (χ1n) is 7.14. The number of thiophene rings is 1. The molecule has 0 fully saturated rings. The molecule has 3 N–H and O–H groups in total. The van der Waals surface area contributed by atoms with Crippen LogP contribution in [-0.4, -0.2) is 4.98 Å². The zero-order valence-corrected chi connectivity index (χ0v) is 13.1. The number of nitrogens with zero attached hydrogens (tertiary/aromatic N) is 1. The molecule has 21 heavy (non-hydrogen) atoms. The molecule has 3 rings (SSSR count). The van der Waals surface area contributed by atoms with Crippen molar-refractivity contribution in [2.24, 2.45) is 0 Å². The summed E-state index contributed by atoms with van der Waals surface area (Å²) >= 11 is 1.78. The van der Waals surface area contributed by atoms with Gasteiger partial charge in [0.1, 0.15) is 0 Å². The maximum atomic E-state index is 5.94. The molecule has 0 spiro atoms. The van der Waals surface area contributed by atoms with E-state index in [0.29, 0.717) is 6.04 Å². The normalized spacial score (nSPS) is 12.5. The monoisotopic (exact) mass is 297 g/mol. The van der Waals surface area contributed by atoms with E-state index in [1.807, 2.05) is 25.1 Å². The average molecular weight is 297 g/mol. The van der Waals surface area contributed by atoms with E-state index in [4.69, 9.17) is 5.73 Å². The summed E-state index contributed by atoms with van der Waals surface area (Å²) in [5, 5.41) is 6.85. The molecule has 0 aliphatic heterocycles. The third-order valence-electron chi connectivity index (χ3n) is 3.59. The van der Waals surface area contributed by atoms with E-state index in [1.54, 1.807) is 11.3 Å². The van der Waals surface area contributed by atoms with Crippen LogP contribution in [0.2, 0.25) is 0 Å². The lowest BCUT2D eigenvalue weighted by atomic mass is 10.1. The fourth-order valence-corrected chi connectivity index (χ4v) is 3.41. The number of rotatable bonds is 4. The maximum absolute atomic E-state index is 5.94. The Morgan fingerprint density at radius 3 is 2.86 bits per heavy atom. The second-order valence-electron chi connectivity index (χ2n) is 5.21. The fourth-order valence-electron chi connectivity index (χ4n) is 2.55. The van der Waals surface area contributed by atoms with E-state index < -0.39 is 0 Å². The number of pyridine rings is 1. The molecule has 0 amide bonds. The van der Waals surface area contributed by atoms with Crippen LogP contribution in [0, 0.1) is 6.92 Å². The molecule has 4 heteroatoms. The quantitative estimate of drug-likeness (QED) is 0.683. The van der Waals surface area contributed by atoms with Crippen LogP contribution in [0.1, 0.15) is 30.0 Å². The molecule has 3 aromatic rings. The predicted octanol–water partition coefficient (Wildman–Crippen LogP) is 4.75. The summed E-state index contributed by atoms with van der Waals surface area (Å²) in [5.41, 5.74) is 9.79. The number of nitrogens with one attached hydrogen (secondary N) is 1. The van der Waals surface area contributed by atoms with Crippen LogP contribution in [0.15, 0.2) is 41.8 Å². The number of nitrogens with two attached hydrogens (primary N) is 1. The summed E-state index contributed by atoms with van der Waals surface area (Å²) in [6.07, 6.45) is 1.03. The molecule has 2 heterocycles. The number of hydrogen-bond acceptors (Lipinski definition) is 4. The number of benzene rings is 1. The molecular formula is C17H19N3S. The summed E-state index contributed by atoms with van der Waals surface area (Å²) in [6, 6.07) is 12.6. The maximum Gasteiger partial charge on any atom is 0.0727 e. The van der Waals surface area contributed by atoms with Crippen LogP contribution in [0.25, 0.3) is 10.9 Å². The molecule has 3 nitrogen and oxygen atoms in total. The molecule has 0 saturated heterocycles. The highest BCUT2D eigenvalue weighted by molar-refractivity contribution is 7.10. The van der Waals surface area contributed by atoms with Gasteiger partial charge in [-0.05, 0) is 49.1 Å². The van der Waals surface area contributed by atoms with E-state index in [9.17, 15) is 0 Å². The molecule has 1 atom stereocenters. The van der Waals surface area contributed by atoms with Gasteiger partial charge in [-0.25, -0.2) is 0 Å². The van der Waals surface area contributed by atoms with E-state index in [2.05, 4.69) is 40.8 Å². The average Bonchev–Trinajstić information content (AvgIpc) is 2.99. The SMILES string of the molecule is CCC(Nc1cc(C)nc2ccc(N)cc12)c1cccs1. The van der Waals surface area contributed by atoms with E-state index in [1.165, 1.54) is 4.88 Å². The summed E-state index contributed by atoms with van der Waals surface area (Å²) in [5.74, 6) is 0. The topological polar surface area (TPSA) is 50.9 Å². The second-order valence-corrected chi connectivity index (χ2v) is 6.19. The highest BCUT2D eigenvalue weighted by Gasteiger charge is 2.12. The number of anilines is 2. The van der Waals surface area contributed by atoms with Crippen molar-refractivity contribution in [1.82, 2.24) is 4.98 Å². The largest absolute Gasteiger partial charge is 0.399 e. The van der Waals surface area contributed by atoms with Crippen molar-refractivity contribution in [3.63, 3.8) is 0 Å². The minimum absolute atomic E-state index is 0.316. The van der Waals surface area contributed by atoms with Crippen molar-refractivity contribution in [3.05, 3.63) is 52.3 Å². The van der Waals surface area contributed by atoms with Gasteiger partial charge in [0.15, 0.2) is 0 Å². The van der Waals surface area contributed by atoms with Crippen LogP contribution in [0.5, 0.6) is 0 Å². The Morgan fingerprint density at radius 2 is 2.14 bits per heavy atom. The Kier molecular flexibility index (Phi) is 3.80. The molecule has 1 aromatic carbocycles. The summed E-state index contributed by atoms with van der Waals surface area (Å²) in [6.45, 7) is 4.22. The van der Waals surface area contributed by atoms with Crippen molar-refractivity contribution in [2.45, 2.75) is 26.3 Å². The van der Waals surface area contributed by atoms with Crippen molar-refractivity contribution in [2.75, 3.05) is 11.1 Å². The van der Waals surface area contributed by atoms with Crippen LogP contribution in [0.3, 0.4) is 0 Å². The van der Waals surface area contributed by atoms with Gasteiger partial charge in [-0.2, -0.15) is 0 Å². The van der Waals surface area contributed by atoms with E-state index >= 15 is 0 Å². The first-order valence-corrected chi connectivity index (χ1v) is 8.02. The number of aryl methyl sites for hydroxylation is 1. The predicted molar refractivity (Wildman–Crippen MR) is 91.9 cm³/mol. The van der Waals surface area contributed by atoms with Gasteiger partial charge >= 0.3 is 0 Å². The fraction of sp³-hybridized carbons (Fsp3) is 0.235. The molecule has 0 radical (unpaired) electrons. The lowest BCUT2D eigenvalue weighted by Crippen LogP contribution is -2.09. The van der Waals surface area contributed by atoms with Gasteiger partial charge in [0, 0.05) is 27.3 Å². The van der Waals surface area contributed by atoms with Gasteiger partial charge < -0.3 is 11.1 Å². The zero-order chi connectivity index (χ0) is 14.8. The molecule has 0 aliphatic rings. The number of aromatic nitrogens is 1. The number of hydrogen-bond donors (Lipinski definition) is 2. The zero-order valence-electron chi connectivity index (χ0n) is 12.3. The summed E-state index contributed by atoms with van der Waals surface area (Å²) < 4.78 is 0. The van der Waals surface area contributed by atoms with Gasteiger partial charge in [-0.3, -0.25) is 4.98 Å². The third-order valence-corrected chi connectivity index (χ3v) is 4.57. The van der Waals surface area contributed by atoms with Crippen LogP contribution in [-0.2, 0) is 0 Å². The standard InChI is InChI=1S/C17H19N3S/c1-3-14(17-5-4-8-21-17)20-16-9-11(2)19-15-7-6-12(18)10-13(15)16/h4-10,14H,3,18H2,1-2H3,(H,19,20). The third kappa shape index (κ3) is 2.85. The van der Waals surface area contributed by atoms with Crippen LogP contribution >= 0.6 is 11.3 Å². The van der Waals surface area contributed by atoms with E-state index in [0.717, 1.165) is 34.4 Å². The van der Waals surface area contributed by atoms with Crippen LogP contribution in [0.4, 0.5) is 11.4 Å². The lowest BCUT2D eigenvalue weighted by molar-refractivity contribution is 0.765. The highest BCUT2D eigenvalue weighted by Crippen LogP contribution is 2.31. The van der Waals surface area contributed by atoms with Gasteiger partial charge in [-0.1, -0.05) is 13.0 Å². The molecule has 0 aliphatic carbocycles. The molecule has 0 bridgehead atoms. The van der Waals surface area contributed by atoms with Gasteiger partial charge in [0.05, 0.1) is 11.6 Å². The summed E-state index contributed by atoms with van der Waals surface area (Å²) in [4.78, 5) is 5.93. The Morgan fingerprint density at radius 1 is 1.29 bits per heavy atom. The lowest BCUT2D eigenvalue weighted by Gasteiger charge is -2.19. The Bertz CT molecular complexity index is 750. The molecule has 1 unspecified atom stereocenters. The van der Waals surface area contributed by atoms with Crippen molar-refractivity contribution in [1.29, 1.82) is 0 Å². The van der Waals surface area contributed by atoms with Gasteiger partial charge in [-0.15, -0.1) is 11.3 Å². The smallest absolute Gasteiger partial charge is 0.0727 e. The molecular weight excluding hydrogens is 278 g/mol. The van der Waals surface area contributed by atoms with Crippen molar-refractivity contribution >= 4 is 33.6 Å². The Hall–Kier alpha value is -2.07. The van der Waals surface area contributed by atoms with Gasteiger partial charge in [0.25, 0.3) is 0 Å². The van der Waals surface area contributed by atoms with E-state index in [-0.39, 0.29) is 0 Å². The molecule has 108 valence electrons. The van der Waals surface area contributed by atoms with Gasteiger partial charge in [0.2, 0.25) is 0 Å². The number of nitrogen functional groups attached to an aromatic ring is 1. The first kappa shape index (κ1) is 13.9.